The predicted molar refractivity (Wildman–Crippen MR) is 120 cm³/mol. The Morgan fingerprint density at radius 1 is 1.21 bits per heavy atom. The Bertz CT molecular complexity index is 672. The second kappa shape index (κ2) is 11.2. The number of hydrogen-bond donors (Lipinski definition) is 2. The maximum atomic E-state index is 13.7. The van der Waals surface area contributed by atoms with E-state index in [9.17, 15) is 13.2 Å². The SMILES string of the molecule is CCNC(=NCc1ccc(N2CCOCC2)cc1C(F)(F)F)NC1CCCC1.I. The summed E-state index contributed by atoms with van der Waals surface area (Å²) in [6.45, 7) is 4.87. The van der Waals surface area contributed by atoms with Gasteiger partial charge in [-0.05, 0) is 37.5 Å². The lowest BCUT2D eigenvalue weighted by atomic mass is 10.1. The zero-order chi connectivity index (χ0) is 20.0. The molecule has 0 amide bonds. The molecular formula is C20H30F3IN4O. The van der Waals surface area contributed by atoms with Gasteiger partial charge in [0.1, 0.15) is 0 Å². The molecule has 2 aliphatic rings. The Morgan fingerprint density at radius 2 is 1.90 bits per heavy atom. The number of morpholine rings is 1. The number of nitrogens with one attached hydrogen (secondary N) is 2. The van der Waals surface area contributed by atoms with Crippen molar-refractivity contribution in [3.63, 3.8) is 0 Å². The van der Waals surface area contributed by atoms with Crippen LogP contribution in [-0.2, 0) is 17.5 Å². The van der Waals surface area contributed by atoms with Gasteiger partial charge in [0.15, 0.2) is 5.96 Å². The lowest BCUT2D eigenvalue weighted by Crippen LogP contribution is -2.42. The molecule has 9 heteroatoms. The number of anilines is 1. The van der Waals surface area contributed by atoms with E-state index in [1.54, 1.807) is 12.1 Å². The van der Waals surface area contributed by atoms with Crippen molar-refractivity contribution >= 4 is 35.6 Å². The van der Waals surface area contributed by atoms with E-state index in [1.165, 1.54) is 18.9 Å². The van der Waals surface area contributed by atoms with Gasteiger partial charge >= 0.3 is 6.18 Å². The first kappa shape index (κ1) is 24.0. The minimum absolute atomic E-state index is 0. The van der Waals surface area contributed by atoms with Gasteiger partial charge in [0.05, 0.1) is 25.3 Å². The number of alkyl halides is 3. The van der Waals surface area contributed by atoms with Crippen molar-refractivity contribution in [2.75, 3.05) is 37.7 Å². The smallest absolute Gasteiger partial charge is 0.378 e. The summed E-state index contributed by atoms with van der Waals surface area (Å²) in [6.07, 6.45) is 0.0971. The summed E-state index contributed by atoms with van der Waals surface area (Å²) < 4.78 is 46.3. The molecule has 1 saturated carbocycles. The molecule has 2 fully saturated rings. The highest BCUT2D eigenvalue weighted by Crippen LogP contribution is 2.35. The summed E-state index contributed by atoms with van der Waals surface area (Å²) in [6, 6.07) is 4.90. The number of ether oxygens (including phenoxy) is 1. The van der Waals surface area contributed by atoms with Gasteiger partial charge in [-0.1, -0.05) is 18.9 Å². The van der Waals surface area contributed by atoms with Gasteiger partial charge in [-0.3, -0.25) is 0 Å². The normalized spacial score (nSPS) is 18.5. The fraction of sp³-hybridized carbons (Fsp3) is 0.650. The van der Waals surface area contributed by atoms with Gasteiger partial charge in [-0.25, -0.2) is 4.99 Å². The van der Waals surface area contributed by atoms with Crippen molar-refractivity contribution in [1.82, 2.24) is 10.6 Å². The molecule has 0 unspecified atom stereocenters. The van der Waals surface area contributed by atoms with Crippen molar-refractivity contribution < 1.29 is 17.9 Å². The van der Waals surface area contributed by atoms with E-state index in [2.05, 4.69) is 15.6 Å². The van der Waals surface area contributed by atoms with Crippen LogP contribution >= 0.6 is 24.0 Å². The second-order valence-corrected chi connectivity index (χ2v) is 7.26. The van der Waals surface area contributed by atoms with Crippen molar-refractivity contribution in [3.8, 4) is 0 Å². The molecule has 2 N–H and O–H groups in total. The quantitative estimate of drug-likeness (QED) is 0.344. The first-order valence-electron chi connectivity index (χ1n) is 10.0. The van der Waals surface area contributed by atoms with Crippen molar-refractivity contribution in [1.29, 1.82) is 0 Å². The predicted octanol–water partition coefficient (Wildman–Crippen LogP) is 4.16. The minimum Gasteiger partial charge on any atom is -0.378 e. The molecule has 1 aliphatic carbocycles. The molecule has 1 heterocycles. The average Bonchev–Trinajstić information content (AvgIpc) is 3.19. The summed E-state index contributed by atoms with van der Waals surface area (Å²) in [4.78, 5) is 6.35. The second-order valence-electron chi connectivity index (χ2n) is 7.26. The summed E-state index contributed by atoms with van der Waals surface area (Å²) in [5.41, 5.74) is 0.157. The highest BCUT2D eigenvalue weighted by Gasteiger charge is 2.34. The van der Waals surface area contributed by atoms with E-state index < -0.39 is 11.7 Å². The zero-order valence-electron chi connectivity index (χ0n) is 16.7. The molecule has 1 saturated heterocycles. The average molecular weight is 526 g/mol. The number of benzene rings is 1. The van der Waals surface area contributed by atoms with Crippen LogP contribution in [-0.4, -0.2) is 44.8 Å². The topological polar surface area (TPSA) is 48.9 Å². The Kier molecular flexibility index (Phi) is 9.32. The molecule has 3 rings (SSSR count). The van der Waals surface area contributed by atoms with Crippen molar-refractivity contribution in [2.24, 2.45) is 4.99 Å². The Labute approximate surface area is 187 Å². The third-order valence-electron chi connectivity index (χ3n) is 5.22. The van der Waals surface area contributed by atoms with E-state index in [0.29, 0.717) is 50.5 Å². The minimum atomic E-state index is -4.41. The van der Waals surface area contributed by atoms with Crippen LogP contribution in [0.25, 0.3) is 0 Å². The van der Waals surface area contributed by atoms with Crippen LogP contribution in [0.3, 0.4) is 0 Å². The summed E-state index contributed by atoms with van der Waals surface area (Å²) in [5.74, 6) is 0.583. The Morgan fingerprint density at radius 3 is 2.52 bits per heavy atom. The molecule has 0 radical (unpaired) electrons. The molecule has 1 aromatic rings. The Balaban J connectivity index is 0.00000300. The first-order valence-corrected chi connectivity index (χ1v) is 10.0. The molecule has 164 valence electrons. The van der Waals surface area contributed by atoms with Gasteiger partial charge in [-0.15, -0.1) is 24.0 Å². The number of rotatable bonds is 5. The standard InChI is InChI=1S/C20H29F3N4O.HI/c1-2-24-19(26-16-5-3-4-6-16)25-14-15-7-8-17(13-18(15)20(21,22)23)27-9-11-28-12-10-27;/h7-8,13,16H,2-6,9-12,14H2,1H3,(H2,24,25,26);1H. The fourth-order valence-electron chi connectivity index (χ4n) is 3.73. The van der Waals surface area contributed by atoms with Crippen LogP contribution in [0.1, 0.15) is 43.7 Å². The molecule has 0 bridgehead atoms. The molecule has 0 atom stereocenters. The number of aliphatic imine (C=N–C) groups is 1. The van der Waals surface area contributed by atoms with Gasteiger partial charge in [0.25, 0.3) is 0 Å². The first-order chi connectivity index (χ1) is 13.5. The van der Waals surface area contributed by atoms with E-state index in [-0.39, 0.29) is 36.1 Å². The highest BCUT2D eigenvalue weighted by atomic mass is 127. The molecule has 1 aliphatic heterocycles. The van der Waals surface area contributed by atoms with E-state index in [4.69, 9.17) is 4.74 Å². The highest BCUT2D eigenvalue weighted by molar-refractivity contribution is 14.0. The van der Waals surface area contributed by atoms with Gasteiger partial charge in [0, 0.05) is 31.4 Å². The van der Waals surface area contributed by atoms with Gasteiger partial charge in [0.2, 0.25) is 0 Å². The number of guanidine groups is 1. The molecule has 1 aromatic carbocycles. The van der Waals surface area contributed by atoms with Crippen molar-refractivity contribution in [2.45, 2.75) is 51.4 Å². The zero-order valence-corrected chi connectivity index (χ0v) is 19.1. The maximum Gasteiger partial charge on any atom is 0.416 e. The van der Waals surface area contributed by atoms with Crippen LogP contribution in [0.2, 0.25) is 0 Å². The third-order valence-corrected chi connectivity index (χ3v) is 5.22. The largest absolute Gasteiger partial charge is 0.416 e. The number of nitrogens with zero attached hydrogens (tertiary/aromatic N) is 2. The molecule has 0 aromatic heterocycles. The van der Waals surface area contributed by atoms with Crippen LogP contribution in [0.5, 0.6) is 0 Å². The molecule has 29 heavy (non-hydrogen) atoms. The summed E-state index contributed by atoms with van der Waals surface area (Å²) in [5, 5.41) is 6.48. The molecule has 0 spiro atoms. The lowest BCUT2D eigenvalue weighted by Gasteiger charge is -2.29. The maximum absolute atomic E-state index is 13.7. The summed E-state index contributed by atoms with van der Waals surface area (Å²) >= 11 is 0. The van der Waals surface area contributed by atoms with Crippen LogP contribution in [0, 0.1) is 0 Å². The number of halogens is 4. The van der Waals surface area contributed by atoms with Gasteiger partial charge < -0.3 is 20.3 Å². The van der Waals surface area contributed by atoms with Crippen LogP contribution < -0.4 is 15.5 Å². The molecular weight excluding hydrogens is 496 g/mol. The Hall–Kier alpha value is -1.23. The fourth-order valence-corrected chi connectivity index (χ4v) is 3.73. The monoisotopic (exact) mass is 526 g/mol. The van der Waals surface area contributed by atoms with Crippen LogP contribution in [0.15, 0.2) is 23.2 Å². The van der Waals surface area contributed by atoms with Crippen molar-refractivity contribution in [3.05, 3.63) is 29.3 Å². The van der Waals surface area contributed by atoms with E-state index in [0.717, 1.165) is 12.8 Å². The van der Waals surface area contributed by atoms with E-state index in [1.807, 2.05) is 11.8 Å². The van der Waals surface area contributed by atoms with Crippen LogP contribution in [0.4, 0.5) is 18.9 Å². The third kappa shape index (κ3) is 6.91. The van der Waals surface area contributed by atoms with E-state index >= 15 is 0 Å². The lowest BCUT2D eigenvalue weighted by molar-refractivity contribution is -0.138. The number of hydrogen-bond acceptors (Lipinski definition) is 3. The molecule has 5 nitrogen and oxygen atoms in total. The van der Waals surface area contributed by atoms with Gasteiger partial charge in [-0.2, -0.15) is 13.2 Å². The summed E-state index contributed by atoms with van der Waals surface area (Å²) in [7, 11) is 0.